The van der Waals surface area contributed by atoms with Gasteiger partial charge in [0.25, 0.3) is 0 Å². The molecule has 1 aromatic rings. The zero-order valence-corrected chi connectivity index (χ0v) is 9.74. The summed E-state index contributed by atoms with van der Waals surface area (Å²) in [7, 11) is 0. The number of alkyl halides is 3. The number of aryl methyl sites for hydroxylation is 1. The smallest absolute Gasteiger partial charge is 0.324 e. The Balaban J connectivity index is 0.00000225. The van der Waals surface area contributed by atoms with Crippen molar-refractivity contribution in [3.05, 3.63) is 35.4 Å². The maximum absolute atomic E-state index is 12.0. The fourth-order valence-corrected chi connectivity index (χ4v) is 1.39. The van der Waals surface area contributed by atoms with Gasteiger partial charge in [-0.15, -0.1) is 12.4 Å². The minimum absolute atomic E-state index is 0. The molecule has 0 saturated carbocycles. The van der Waals surface area contributed by atoms with Gasteiger partial charge < -0.3 is 5.73 Å². The third kappa shape index (κ3) is 5.37. The minimum atomic E-state index is -4.12. The summed E-state index contributed by atoms with van der Waals surface area (Å²) in [5.41, 5.74) is 7.44. The van der Waals surface area contributed by atoms with Crippen molar-refractivity contribution in [1.82, 2.24) is 0 Å². The summed E-state index contributed by atoms with van der Waals surface area (Å²) in [6, 6.07) is 6.74. The number of hydrogen-bond acceptors (Lipinski definition) is 1. The molecule has 0 fully saturated rings. The van der Waals surface area contributed by atoms with Gasteiger partial charge in [0.05, 0.1) is 0 Å². The summed E-state index contributed by atoms with van der Waals surface area (Å²) in [5.74, 6) is 0. The molecule has 5 heteroatoms. The second kappa shape index (κ2) is 6.11. The molecule has 1 atom stereocenters. The maximum Gasteiger partial charge on any atom is 0.389 e. The zero-order valence-electron chi connectivity index (χ0n) is 8.92. The Morgan fingerprint density at radius 1 is 1.31 bits per heavy atom. The first kappa shape index (κ1) is 15.3. The Bertz CT molecular complexity index is 325. The van der Waals surface area contributed by atoms with Gasteiger partial charge in [0.2, 0.25) is 0 Å². The van der Waals surface area contributed by atoms with Gasteiger partial charge in [0.1, 0.15) is 0 Å². The molecule has 0 aliphatic heterocycles. The van der Waals surface area contributed by atoms with Crippen LogP contribution < -0.4 is 5.73 Å². The van der Waals surface area contributed by atoms with E-state index in [4.69, 9.17) is 5.73 Å². The highest BCUT2D eigenvalue weighted by Gasteiger charge is 2.27. The van der Waals surface area contributed by atoms with E-state index in [9.17, 15) is 13.2 Å². The summed E-state index contributed by atoms with van der Waals surface area (Å²) >= 11 is 0. The largest absolute Gasteiger partial charge is 0.389 e. The number of nitrogens with two attached hydrogens (primary N) is 1. The van der Waals surface area contributed by atoms with E-state index in [1.807, 2.05) is 19.1 Å². The third-order valence-electron chi connectivity index (χ3n) is 2.21. The van der Waals surface area contributed by atoms with Crippen LogP contribution in [-0.2, 0) is 0 Å². The van der Waals surface area contributed by atoms with Gasteiger partial charge in [-0.3, -0.25) is 0 Å². The Labute approximate surface area is 99.2 Å². The van der Waals surface area contributed by atoms with E-state index in [1.165, 1.54) is 0 Å². The molecule has 0 heterocycles. The van der Waals surface area contributed by atoms with Gasteiger partial charge in [0, 0.05) is 12.5 Å². The first-order valence-electron chi connectivity index (χ1n) is 4.77. The second-order valence-corrected chi connectivity index (χ2v) is 3.67. The van der Waals surface area contributed by atoms with Crippen LogP contribution in [0.3, 0.4) is 0 Å². The minimum Gasteiger partial charge on any atom is -0.324 e. The van der Waals surface area contributed by atoms with Crippen molar-refractivity contribution < 1.29 is 13.2 Å². The molecular weight excluding hydrogens is 239 g/mol. The van der Waals surface area contributed by atoms with Gasteiger partial charge in [0.15, 0.2) is 0 Å². The van der Waals surface area contributed by atoms with Crippen LogP contribution in [-0.4, -0.2) is 6.18 Å². The molecule has 1 nitrogen and oxygen atoms in total. The lowest BCUT2D eigenvalue weighted by molar-refractivity contribution is -0.136. The van der Waals surface area contributed by atoms with Gasteiger partial charge in [-0.2, -0.15) is 13.2 Å². The lowest BCUT2D eigenvalue weighted by atomic mass is 10.0. The fourth-order valence-electron chi connectivity index (χ4n) is 1.39. The van der Waals surface area contributed by atoms with Gasteiger partial charge >= 0.3 is 6.18 Å². The standard InChI is InChI=1S/C11H14F3N.ClH/c1-8-3-2-4-9(7-8)10(15)5-6-11(12,13)14;/h2-4,7,10H,5-6,15H2,1H3;1H/t10-;/m0./s1. The molecule has 0 spiro atoms. The lowest BCUT2D eigenvalue weighted by Gasteiger charge is -2.13. The second-order valence-electron chi connectivity index (χ2n) is 3.67. The van der Waals surface area contributed by atoms with Crippen LogP contribution in [0.5, 0.6) is 0 Å². The summed E-state index contributed by atoms with van der Waals surface area (Å²) in [6.07, 6.45) is -5.02. The van der Waals surface area contributed by atoms with Crippen LogP contribution in [0.1, 0.15) is 30.0 Å². The van der Waals surface area contributed by atoms with E-state index in [-0.39, 0.29) is 18.8 Å². The first-order valence-corrected chi connectivity index (χ1v) is 4.77. The average Bonchev–Trinajstić information content (AvgIpc) is 2.13. The van der Waals surface area contributed by atoms with Crippen LogP contribution in [0.2, 0.25) is 0 Å². The molecule has 92 valence electrons. The normalized spacial score (nSPS) is 13.1. The molecule has 0 amide bonds. The van der Waals surface area contributed by atoms with E-state index >= 15 is 0 Å². The highest BCUT2D eigenvalue weighted by atomic mass is 35.5. The number of rotatable bonds is 3. The van der Waals surface area contributed by atoms with Crippen molar-refractivity contribution in [3.8, 4) is 0 Å². The summed E-state index contributed by atoms with van der Waals surface area (Å²) in [6.45, 7) is 1.89. The molecule has 1 rings (SSSR count). The quantitative estimate of drug-likeness (QED) is 0.872. The summed E-state index contributed by atoms with van der Waals surface area (Å²) in [5, 5.41) is 0. The Morgan fingerprint density at radius 3 is 2.44 bits per heavy atom. The van der Waals surface area contributed by atoms with Crippen molar-refractivity contribution in [2.75, 3.05) is 0 Å². The van der Waals surface area contributed by atoms with E-state index in [1.54, 1.807) is 12.1 Å². The number of halogens is 4. The molecule has 0 aliphatic carbocycles. The SMILES string of the molecule is Cc1cccc([C@@H](N)CCC(F)(F)F)c1.Cl. The van der Waals surface area contributed by atoms with Crippen LogP contribution >= 0.6 is 12.4 Å². The van der Waals surface area contributed by atoms with Crippen molar-refractivity contribution in [1.29, 1.82) is 0 Å². The lowest BCUT2D eigenvalue weighted by Crippen LogP contribution is -2.15. The molecule has 2 N–H and O–H groups in total. The predicted octanol–water partition coefficient (Wildman–Crippen LogP) is 3.76. The Kier molecular flexibility index (Phi) is 5.83. The van der Waals surface area contributed by atoms with Gasteiger partial charge in [-0.1, -0.05) is 29.8 Å². The fraction of sp³-hybridized carbons (Fsp3) is 0.455. The zero-order chi connectivity index (χ0) is 11.5. The van der Waals surface area contributed by atoms with E-state index in [0.29, 0.717) is 0 Å². The Hall–Kier alpha value is -0.740. The number of hydrogen-bond donors (Lipinski definition) is 1. The van der Waals surface area contributed by atoms with Crippen LogP contribution in [0.4, 0.5) is 13.2 Å². The maximum atomic E-state index is 12.0. The highest BCUT2D eigenvalue weighted by Crippen LogP contribution is 2.26. The highest BCUT2D eigenvalue weighted by molar-refractivity contribution is 5.85. The van der Waals surface area contributed by atoms with Gasteiger partial charge in [-0.25, -0.2) is 0 Å². The molecule has 1 aromatic carbocycles. The summed E-state index contributed by atoms with van der Waals surface area (Å²) < 4.78 is 35.9. The Morgan fingerprint density at radius 2 is 1.94 bits per heavy atom. The molecule has 0 saturated heterocycles. The molecule has 0 bridgehead atoms. The monoisotopic (exact) mass is 253 g/mol. The third-order valence-corrected chi connectivity index (χ3v) is 2.21. The molecular formula is C11H15ClF3N. The topological polar surface area (TPSA) is 26.0 Å². The van der Waals surface area contributed by atoms with Crippen molar-refractivity contribution in [2.45, 2.75) is 32.0 Å². The van der Waals surface area contributed by atoms with Crippen LogP contribution in [0, 0.1) is 6.92 Å². The van der Waals surface area contributed by atoms with Crippen molar-refractivity contribution in [3.63, 3.8) is 0 Å². The first-order chi connectivity index (χ1) is 6.88. The van der Waals surface area contributed by atoms with Crippen LogP contribution in [0.15, 0.2) is 24.3 Å². The van der Waals surface area contributed by atoms with Crippen molar-refractivity contribution in [2.24, 2.45) is 5.73 Å². The number of benzene rings is 1. The summed E-state index contributed by atoms with van der Waals surface area (Å²) in [4.78, 5) is 0. The van der Waals surface area contributed by atoms with E-state index in [2.05, 4.69) is 0 Å². The van der Waals surface area contributed by atoms with E-state index in [0.717, 1.165) is 11.1 Å². The average molecular weight is 254 g/mol. The molecule has 16 heavy (non-hydrogen) atoms. The molecule has 0 radical (unpaired) electrons. The molecule has 0 aliphatic rings. The molecule has 0 aromatic heterocycles. The predicted molar refractivity (Wildman–Crippen MR) is 60.6 cm³/mol. The van der Waals surface area contributed by atoms with Crippen LogP contribution in [0.25, 0.3) is 0 Å². The van der Waals surface area contributed by atoms with Crippen molar-refractivity contribution >= 4 is 12.4 Å². The van der Waals surface area contributed by atoms with E-state index < -0.39 is 18.6 Å². The van der Waals surface area contributed by atoms with Gasteiger partial charge in [-0.05, 0) is 18.9 Å². The molecule has 0 unspecified atom stereocenters.